The van der Waals surface area contributed by atoms with Gasteiger partial charge in [0.05, 0.1) is 31.4 Å². The number of nitrogens with one attached hydrogen (secondary N) is 2. The molecule has 6 rings (SSSR count). The average Bonchev–Trinajstić information content (AvgIpc) is 3.69. The summed E-state index contributed by atoms with van der Waals surface area (Å²) in [5, 5.41) is 4.03. The summed E-state index contributed by atoms with van der Waals surface area (Å²) in [6.45, 7) is 1.96. The van der Waals surface area contributed by atoms with Crippen molar-refractivity contribution in [1.82, 2.24) is 18.9 Å². The number of hydrogen-bond acceptors (Lipinski definition) is 7. The molecule has 0 bridgehead atoms. The first-order valence-electron chi connectivity index (χ1n) is 15.5. The molecule has 3 aromatic rings. The second-order valence-electron chi connectivity index (χ2n) is 12.4. The standard InChI is InChI=1S/C33H42N4O6S/c1-34-13-15-43-16-14-36(2)44(40,41)35-32(39)23-9-11-26-29(17-23)37-20-33(21-38)19-28(33)27-18-24(42-3)10-12-25(27)31(37)30(26)22-7-5-4-6-8-22/h9-12,17-18,21-22,28,34H,4-8,13-16,19-20H2,1-3H3,(H,35,39). The summed E-state index contributed by atoms with van der Waals surface area (Å²) < 4.78 is 42.5. The van der Waals surface area contributed by atoms with Gasteiger partial charge in [-0.3, -0.25) is 4.79 Å². The number of carbonyl (C=O) groups excluding carboxylic acids is 2. The molecule has 2 heterocycles. The van der Waals surface area contributed by atoms with E-state index in [1.54, 1.807) is 19.2 Å². The van der Waals surface area contributed by atoms with Crippen LogP contribution < -0.4 is 14.8 Å². The lowest BCUT2D eigenvalue weighted by Gasteiger charge is -2.24. The van der Waals surface area contributed by atoms with Crippen LogP contribution in [-0.2, 0) is 26.3 Å². The summed E-state index contributed by atoms with van der Waals surface area (Å²) in [5.41, 5.74) is 5.21. The summed E-state index contributed by atoms with van der Waals surface area (Å²) in [7, 11) is 0.812. The van der Waals surface area contributed by atoms with Crippen LogP contribution in [0.5, 0.6) is 5.75 Å². The Kier molecular flexibility index (Phi) is 8.58. The number of rotatable bonds is 12. The molecule has 0 saturated heterocycles. The zero-order valence-corrected chi connectivity index (χ0v) is 26.5. The van der Waals surface area contributed by atoms with Gasteiger partial charge in [-0.25, -0.2) is 4.72 Å². The van der Waals surface area contributed by atoms with E-state index in [-0.39, 0.29) is 24.6 Å². The number of carbonyl (C=O) groups is 2. The number of ether oxygens (including phenoxy) is 2. The molecular weight excluding hydrogens is 580 g/mol. The Hall–Kier alpha value is -3.25. The minimum atomic E-state index is -4.08. The van der Waals surface area contributed by atoms with E-state index in [0.29, 0.717) is 25.6 Å². The molecule has 1 aliphatic heterocycles. The Labute approximate surface area is 259 Å². The fraction of sp³-hybridized carbons (Fsp3) is 0.515. The van der Waals surface area contributed by atoms with Crippen LogP contribution >= 0.6 is 0 Å². The van der Waals surface area contributed by atoms with Gasteiger partial charge in [0.2, 0.25) is 0 Å². The van der Waals surface area contributed by atoms with Gasteiger partial charge in [-0.05, 0) is 79.6 Å². The Bertz CT molecular complexity index is 1680. The molecule has 1 amide bonds. The summed E-state index contributed by atoms with van der Waals surface area (Å²) in [6, 6.07) is 11.6. The average molecular weight is 623 g/mol. The normalized spacial score (nSPS) is 21.3. The number of aromatic nitrogens is 1. The number of amides is 1. The molecular formula is C33H42N4O6S. The number of methoxy groups -OCH3 is 1. The monoisotopic (exact) mass is 622 g/mol. The van der Waals surface area contributed by atoms with Crippen LogP contribution in [0.15, 0.2) is 36.4 Å². The zero-order valence-electron chi connectivity index (χ0n) is 25.7. The van der Waals surface area contributed by atoms with Gasteiger partial charge in [-0.2, -0.15) is 12.7 Å². The number of hydrogen-bond donors (Lipinski definition) is 2. The van der Waals surface area contributed by atoms with Crippen molar-refractivity contribution < 1.29 is 27.5 Å². The van der Waals surface area contributed by atoms with Gasteiger partial charge in [0, 0.05) is 48.7 Å². The third-order valence-electron chi connectivity index (χ3n) is 9.75. The van der Waals surface area contributed by atoms with Gasteiger partial charge in [-0.15, -0.1) is 0 Å². The summed E-state index contributed by atoms with van der Waals surface area (Å²) in [5.74, 6) is 0.545. The smallest absolute Gasteiger partial charge is 0.303 e. The van der Waals surface area contributed by atoms with Crippen LogP contribution in [0.25, 0.3) is 22.2 Å². The van der Waals surface area contributed by atoms with E-state index in [4.69, 9.17) is 9.47 Å². The van der Waals surface area contributed by atoms with Crippen LogP contribution in [0.2, 0.25) is 0 Å². The van der Waals surface area contributed by atoms with Crippen molar-refractivity contribution in [2.45, 2.75) is 56.9 Å². The van der Waals surface area contributed by atoms with Gasteiger partial charge < -0.3 is 24.2 Å². The molecule has 2 aromatic carbocycles. The van der Waals surface area contributed by atoms with Crippen LogP contribution in [0, 0.1) is 5.41 Å². The minimum absolute atomic E-state index is 0.105. The van der Waals surface area contributed by atoms with Gasteiger partial charge in [0.1, 0.15) is 12.0 Å². The van der Waals surface area contributed by atoms with E-state index in [1.807, 2.05) is 19.2 Å². The van der Waals surface area contributed by atoms with Crippen molar-refractivity contribution in [2.24, 2.45) is 5.41 Å². The highest BCUT2D eigenvalue weighted by molar-refractivity contribution is 7.87. The summed E-state index contributed by atoms with van der Waals surface area (Å²) in [6.07, 6.45) is 7.60. The van der Waals surface area contributed by atoms with Gasteiger partial charge >= 0.3 is 10.2 Å². The molecule has 0 radical (unpaired) electrons. The molecule has 2 unspecified atom stereocenters. The van der Waals surface area contributed by atoms with E-state index < -0.39 is 21.5 Å². The first kappa shape index (κ1) is 30.8. The predicted molar refractivity (Wildman–Crippen MR) is 169 cm³/mol. The summed E-state index contributed by atoms with van der Waals surface area (Å²) >= 11 is 0. The molecule has 10 nitrogen and oxygen atoms in total. The molecule has 1 aromatic heterocycles. The molecule has 44 heavy (non-hydrogen) atoms. The second kappa shape index (κ2) is 12.3. The van der Waals surface area contributed by atoms with E-state index in [9.17, 15) is 18.0 Å². The molecule has 236 valence electrons. The molecule has 2 N–H and O–H groups in total. The van der Waals surface area contributed by atoms with Crippen LogP contribution in [0.3, 0.4) is 0 Å². The SMILES string of the molecule is CNCCOCCN(C)S(=O)(=O)NC(=O)c1ccc2c(C3CCCCC3)c3n(c2c1)CC1(C=O)CC1c1cc(OC)ccc1-3. The largest absolute Gasteiger partial charge is 0.497 e. The molecule has 2 fully saturated rings. The highest BCUT2D eigenvalue weighted by Gasteiger charge is 2.58. The number of likely N-dealkylation sites (N-methyl/N-ethyl adjacent to an activating group) is 2. The Morgan fingerprint density at radius 1 is 1.14 bits per heavy atom. The molecule has 2 saturated carbocycles. The van der Waals surface area contributed by atoms with E-state index in [0.717, 1.165) is 63.3 Å². The lowest BCUT2D eigenvalue weighted by atomic mass is 9.81. The third-order valence-corrected chi connectivity index (χ3v) is 11.2. The molecule has 2 aliphatic carbocycles. The number of aldehydes is 1. The maximum atomic E-state index is 13.4. The molecule has 2 atom stereocenters. The lowest BCUT2D eigenvalue weighted by molar-refractivity contribution is -0.112. The van der Waals surface area contributed by atoms with Crippen molar-refractivity contribution in [3.63, 3.8) is 0 Å². The third kappa shape index (κ3) is 5.55. The number of benzene rings is 2. The first-order chi connectivity index (χ1) is 21.2. The van der Waals surface area contributed by atoms with Crippen LogP contribution in [-0.4, -0.2) is 77.0 Å². The number of fused-ring (bicyclic) bond motifs is 7. The Balaban J connectivity index is 1.40. The minimum Gasteiger partial charge on any atom is -0.497 e. The van der Waals surface area contributed by atoms with Crippen molar-refractivity contribution in [1.29, 1.82) is 0 Å². The van der Waals surface area contributed by atoms with Gasteiger partial charge in [-0.1, -0.05) is 25.3 Å². The van der Waals surface area contributed by atoms with Gasteiger partial charge in [0.15, 0.2) is 0 Å². The second-order valence-corrected chi connectivity index (χ2v) is 14.2. The Morgan fingerprint density at radius 3 is 2.66 bits per heavy atom. The molecule has 11 heteroatoms. The topological polar surface area (TPSA) is 119 Å². The molecule has 0 spiro atoms. The van der Waals surface area contributed by atoms with Crippen molar-refractivity contribution in [3.05, 3.63) is 53.1 Å². The van der Waals surface area contributed by atoms with Crippen LogP contribution in [0.1, 0.15) is 71.8 Å². The zero-order chi connectivity index (χ0) is 31.1. The van der Waals surface area contributed by atoms with Crippen molar-refractivity contribution in [3.8, 4) is 17.0 Å². The fourth-order valence-corrected chi connectivity index (χ4v) is 7.99. The maximum absolute atomic E-state index is 13.4. The van der Waals surface area contributed by atoms with E-state index in [2.05, 4.69) is 26.7 Å². The Morgan fingerprint density at radius 2 is 1.93 bits per heavy atom. The molecule has 3 aliphatic rings. The quantitative estimate of drug-likeness (QED) is 0.230. The highest BCUT2D eigenvalue weighted by atomic mass is 32.2. The lowest BCUT2D eigenvalue weighted by Crippen LogP contribution is -2.42. The summed E-state index contributed by atoms with van der Waals surface area (Å²) in [4.78, 5) is 26.0. The van der Waals surface area contributed by atoms with E-state index >= 15 is 0 Å². The van der Waals surface area contributed by atoms with Crippen LogP contribution in [0.4, 0.5) is 0 Å². The highest BCUT2D eigenvalue weighted by Crippen LogP contribution is 2.64. The fourth-order valence-electron chi connectivity index (χ4n) is 7.17. The van der Waals surface area contributed by atoms with E-state index in [1.165, 1.54) is 31.9 Å². The maximum Gasteiger partial charge on any atom is 0.303 e. The van der Waals surface area contributed by atoms with Crippen molar-refractivity contribution >= 4 is 33.3 Å². The number of nitrogens with zero attached hydrogens (tertiary/aromatic N) is 2. The van der Waals surface area contributed by atoms with Gasteiger partial charge in [0.25, 0.3) is 5.91 Å². The predicted octanol–water partition coefficient (Wildman–Crippen LogP) is 4.19. The van der Waals surface area contributed by atoms with Crippen molar-refractivity contribution in [2.75, 3.05) is 47.5 Å². The first-order valence-corrected chi connectivity index (χ1v) is 17.0.